The van der Waals surface area contributed by atoms with E-state index in [-0.39, 0.29) is 11.9 Å². The lowest BCUT2D eigenvalue weighted by atomic mass is 9.95. The van der Waals surface area contributed by atoms with Crippen LogP contribution in [0.3, 0.4) is 0 Å². The van der Waals surface area contributed by atoms with Crippen molar-refractivity contribution in [3.05, 3.63) is 65.5 Å². The van der Waals surface area contributed by atoms with Gasteiger partial charge in [0.1, 0.15) is 11.6 Å². The number of methoxy groups -OCH3 is 1. The molecule has 5 heteroatoms. The average Bonchev–Trinajstić information content (AvgIpc) is 3.05. The van der Waals surface area contributed by atoms with Crippen molar-refractivity contribution in [2.24, 2.45) is 5.92 Å². The van der Waals surface area contributed by atoms with E-state index >= 15 is 0 Å². The summed E-state index contributed by atoms with van der Waals surface area (Å²) in [6.07, 6.45) is 0. The minimum absolute atomic E-state index is 0.197. The van der Waals surface area contributed by atoms with Gasteiger partial charge in [-0.2, -0.15) is 0 Å². The molecule has 3 rings (SSSR count). The summed E-state index contributed by atoms with van der Waals surface area (Å²) in [5.41, 5.74) is 8.90. The molecule has 0 spiro atoms. The number of hydrogen-bond acceptors (Lipinski definition) is 4. The molecule has 3 N–H and O–H groups in total. The summed E-state index contributed by atoms with van der Waals surface area (Å²) in [6.45, 7) is 2.54. The molecule has 4 nitrogen and oxygen atoms in total. The van der Waals surface area contributed by atoms with Gasteiger partial charge in [0.05, 0.1) is 13.2 Å². The Kier molecular flexibility index (Phi) is 5.23. The van der Waals surface area contributed by atoms with Crippen molar-refractivity contribution >= 4 is 0 Å². The summed E-state index contributed by atoms with van der Waals surface area (Å²) in [6, 6.07) is 15.0. The lowest BCUT2D eigenvalue weighted by Gasteiger charge is -2.19. The van der Waals surface area contributed by atoms with E-state index in [1.165, 1.54) is 17.7 Å². The fraction of sp³-hybridized carbons (Fsp3) is 0.333. The number of hydrazine groups is 1. The molecular formula is C18H22FN3O. The highest BCUT2D eigenvalue weighted by Gasteiger charge is 2.27. The van der Waals surface area contributed by atoms with Crippen molar-refractivity contribution in [1.82, 2.24) is 16.2 Å². The number of halogens is 1. The monoisotopic (exact) mass is 315 g/mol. The van der Waals surface area contributed by atoms with E-state index in [2.05, 4.69) is 28.3 Å². The number of ether oxygens (including phenoxy) is 1. The number of rotatable bonds is 6. The van der Waals surface area contributed by atoms with Gasteiger partial charge in [-0.3, -0.25) is 5.43 Å². The van der Waals surface area contributed by atoms with Crippen LogP contribution in [0.25, 0.3) is 0 Å². The van der Waals surface area contributed by atoms with E-state index in [0.717, 1.165) is 30.9 Å². The second-order valence-corrected chi connectivity index (χ2v) is 5.79. The van der Waals surface area contributed by atoms with Crippen LogP contribution in [0.2, 0.25) is 0 Å². The second-order valence-electron chi connectivity index (χ2n) is 5.79. The Hall–Kier alpha value is -1.95. The van der Waals surface area contributed by atoms with Gasteiger partial charge in [-0.1, -0.05) is 24.3 Å². The van der Waals surface area contributed by atoms with Crippen molar-refractivity contribution in [3.8, 4) is 5.75 Å². The highest BCUT2D eigenvalue weighted by molar-refractivity contribution is 5.30. The molecule has 1 heterocycles. The normalized spacial score (nSPS) is 20.6. The predicted octanol–water partition coefficient (Wildman–Crippen LogP) is 2.39. The minimum atomic E-state index is -0.197. The van der Waals surface area contributed by atoms with Crippen molar-refractivity contribution in [1.29, 1.82) is 0 Å². The Balaban J connectivity index is 1.55. The first-order valence-electron chi connectivity index (χ1n) is 7.84. The fourth-order valence-corrected chi connectivity index (χ4v) is 2.90. The van der Waals surface area contributed by atoms with Gasteiger partial charge < -0.3 is 10.1 Å². The van der Waals surface area contributed by atoms with Gasteiger partial charge in [0.2, 0.25) is 0 Å². The maximum Gasteiger partial charge on any atom is 0.123 e. The van der Waals surface area contributed by atoms with Crippen LogP contribution in [0.4, 0.5) is 4.39 Å². The molecule has 0 aromatic heterocycles. The molecule has 0 radical (unpaired) electrons. The van der Waals surface area contributed by atoms with Crippen LogP contribution in [0, 0.1) is 11.7 Å². The van der Waals surface area contributed by atoms with Crippen LogP contribution in [-0.2, 0) is 6.54 Å². The summed E-state index contributed by atoms with van der Waals surface area (Å²) < 4.78 is 18.1. The highest BCUT2D eigenvalue weighted by Crippen LogP contribution is 2.26. The second kappa shape index (κ2) is 7.55. The molecule has 2 atom stereocenters. The lowest BCUT2D eigenvalue weighted by molar-refractivity contribution is 0.413. The molecule has 1 aliphatic heterocycles. The van der Waals surface area contributed by atoms with Gasteiger partial charge in [-0.05, 0) is 35.4 Å². The molecule has 1 fully saturated rings. The van der Waals surface area contributed by atoms with Gasteiger partial charge >= 0.3 is 0 Å². The number of hydrogen-bond donors (Lipinski definition) is 3. The molecule has 1 aliphatic rings. The zero-order chi connectivity index (χ0) is 16.1. The molecule has 0 aliphatic carbocycles. The third kappa shape index (κ3) is 4.07. The fourth-order valence-electron chi connectivity index (χ4n) is 2.90. The summed E-state index contributed by atoms with van der Waals surface area (Å²) in [7, 11) is 1.67. The topological polar surface area (TPSA) is 45.3 Å². The Labute approximate surface area is 136 Å². The van der Waals surface area contributed by atoms with Crippen LogP contribution in [0.15, 0.2) is 48.5 Å². The maximum absolute atomic E-state index is 12.9. The summed E-state index contributed by atoms with van der Waals surface area (Å²) in [5.74, 6) is 1.12. The summed E-state index contributed by atoms with van der Waals surface area (Å²) in [5, 5.41) is 3.46. The molecular weight excluding hydrogens is 293 g/mol. The van der Waals surface area contributed by atoms with Crippen LogP contribution in [-0.4, -0.2) is 20.2 Å². The lowest BCUT2D eigenvalue weighted by Crippen LogP contribution is -2.28. The van der Waals surface area contributed by atoms with Crippen molar-refractivity contribution < 1.29 is 9.13 Å². The smallest absolute Gasteiger partial charge is 0.123 e. The van der Waals surface area contributed by atoms with Crippen LogP contribution in [0.1, 0.15) is 17.2 Å². The third-order valence-corrected chi connectivity index (χ3v) is 4.22. The van der Waals surface area contributed by atoms with E-state index in [1.54, 1.807) is 7.11 Å². The van der Waals surface area contributed by atoms with Crippen molar-refractivity contribution in [3.63, 3.8) is 0 Å². The minimum Gasteiger partial charge on any atom is -0.497 e. The first kappa shape index (κ1) is 15.9. The standard InChI is InChI=1S/C18H22FN3O/c1-23-17-8-4-14(5-9-17)18-15(12-21-22-18)11-20-10-13-2-6-16(19)7-3-13/h2-9,15,18,20-22H,10-12H2,1H3. The molecule has 2 unspecified atom stereocenters. The van der Waals surface area contributed by atoms with Crippen molar-refractivity contribution in [2.75, 3.05) is 20.2 Å². The van der Waals surface area contributed by atoms with E-state index < -0.39 is 0 Å². The molecule has 0 saturated carbocycles. The molecule has 1 saturated heterocycles. The first-order chi connectivity index (χ1) is 11.3. The zero-order valence-electron chi connectivity index (χ0n) is 13.2. The zero-order valence-corrected chi connectivity index (χ0v) is 13.2. The highest BCUT2D eigenvalue weighted by atomic mass is 19.1. The van der Waals surface area contributed by atoms with E-state index in [4.69, 9.17) is 4.74 Å². The Morgan fingerprint density at radius 1 is 1.13 bits per heavy atom. The molecule has 2 aromatic carbocycles. The van der Waals surface area contributed by atoms with Gasteiger partial charge in [0.25, 0.3) is 0 Å². The predicted molar refractivity (Wildman–Crippen MR) is 88.5 cm³/mol. The third-order valence-electron chi connectivity index (χ3n) is 4.22. The molecule has 0 bridgehead atoms. The van der Waals surface area contributed by atoms with Crippen LogP contribution >= 0.6 is 0 Å². The molecule has 23 heavy (non-hydrogen) atoms. The number of nitrogens with one attached hydrogen (secondary N) is 3. The molecule has 0 amide bonds. The first-order valence-corrected chi connectivity index (χ1v) is 7.84. The van der Waals surface area contributed by atoms with Gasteiger partial charge in [0, 0.05) is 25.6 Å². The van der Waals surface area contributed by atoms with Gasteiger partial charge in [-0.15, -0.1) is 0 Å². The van der Waals surface area contributed by atoms with Gasteiger partial charge in [0.15, 0.2) is 0 Å². The maximum atomic E-state index is 12.9. The molecule has 2 aromatic rings. The quantitative estimate of drug-likeness (QED) is 0.766. The van der Waals surface area contributed by atoms with Crippen molar-refractivity contribution in [2.45, 2.75) is 12.6 Å². The number of benzene rings is 2. The van der Waals surface area contributed by atoms with Gasteiger partial charge in [-0.25, -0.2) is 9.82 Å². The average molecular weight is 315 g/mol. The van der Waals surface area contributed by atoms with E-state index in [1.807, 2.05) is 24.3 Å². The van der Waals surface area contributed by atoms with Crippen LogP contribution in [0.5, 0.6) is 5.75 Å². The SMILES string of the molecule is COc1ccc(C2NNCC2CNCc2ccc(F)cc2)cc1. The largest absolute Gasteiger partial charge is 0.497 e. The van der Waals surface area contributed by atoms with E-state index in [9.17, 15) is 4.39 Å². The Morgan fingerprint density at radius 3 is 2.57 bits per heavy atom. The Bertz CT molecular complexity index is 615. The summed E-state index contributed by atoms with van der Waals surface area (Å²) in [4.78, 5) is 0. The summed E-state index contributed by atoms with van der Waals surface area (Å²) >= 11 is 0. The molecule has 122 valence electrons. The Morgan fingerprint density at radius 2 is 1.87 bits per heavy atom. The van der Waals surface area contributed by atoms with E-state index in [0.29, 0.717) is 5.92 Å². The van der Waals surface area contributed by atoms with Crippen LogP contribution < -0.4 is 20.9 Å².